The monoisotopic (exact) mass is 446 g/mol. The maximum atomic E-state index is 13.9. The number of ether oxygens (including phenoxy) is 1. The van der Waals surface area contributed by atoms with Gasteiger partial charge in [-0.3, -0.25) is 4.98 Å². The molecule has 0 aliphatic heterocycles. The third-order valence-electron chi connectivity index (χ3n) is 4.64. The van der Waals surface area contributed by atoms with Gasteiger partial charge in [0.05, 0.1) is 11.4 Å². The molecular formula is C24H19FN4O4. The van der Waals surface area contributed by atoms with Crippen molar-refractivity contribution in [2.75, 3.05) is 10.6 Å². The molecule has 166 valence electrons. The number of aromatic carboxylic acids is 1. The summed E-state index contributed by atoms with van der Waals surface area (Å²) in [5.41, 5.74) is 2.54. The van der Waals surface area contributed by atoms with Crippen molar-refractivity contribution in [2.45, 2.75) is 6.92 Å². The molecule has 0 saturated heterocycles. The Morgan fingerprint density at radius 1 is 1.03 bits per heavy atom. The fourth-order valence-corrected chi connectivity index (χ4v) is 3.09. The van der Waals surface area contributed by atoms with Gasteiger partial charge in [0.2, 0.25) is 0 Å². The van der Waals surface area contributed by atoms with Crippen LogP contribution in [0.5, 0.6) is 11.5 Å². The van der Waals surface area contributed by atoms with Gasteiger partial charge in [0.1, 0.15) is 23.0 Å². The Hall–Kier alpha value is -4.66. The number of benzene rings is 2. The van der Waals surface area contributed by atoms with Crippen LogP contribution in [0.2, 0.25) is 0 Å². The van der Waals surface area contributed by atoms with Crippen LogP contribution in [0.4, 0.5) is 20.6 Å². The van der Waals surface area contributed by atoms with E-state index < -0.39 is 17.8 Å². The largest absolute Gasteiger partial charge is 0.477 e. The number of hydrogen-bond acceptors (Lipinski definition) is 4. The third kappa shape index (κ3) is 5.34. The minimum absolute atomic E-state index is 0.0562. The fraction of sp³-hybridized carbons (Fsp3) is 0.0417. The predicted molar refractivity (Wildman–Crippen MR) is 121 cm³/mol. The number of nitrogens with zero attached hydrogens (tertiary/aromatic N) is 1. The Balaban J connectivity index is 1.45. The van der Waals surface area contributed by atoms with Crippen molar-refractivity contribution in [3.8, 4) is 22.8 Å². The number of nitrogens with one attached hydrogen (secondary N) is 3. The van der Waals surface area contributed by atoms with Crippen LogP contribution in [0.1, 0.15) is 16.1 Å². The van der Waals surface area contributed by atoms with Crippen LogP contribution in [0.25, 0.3) is 11.3 Å². The molecule has 9 heteroatoms. The normalized spacial score (nSPS) is 10.5. The molecule has 4 rings (SSSR count). The van der Waals surface area contributed by atoms with Crippen molar-refractivity contribution in [2.24, 2.45) is 0 Å². The van der Waals surface area contributed by atoms with E-state index in [0.29, 0.717) is 28.4 Å². The van der Waals surface area contributed by atoms with E-state index in [1.54, 1.807) is 67.8 Å². The van der Waals surface area contributed by atoms with Gasteiger partial charge in [0.15, 0.2) is 0 Å². The lowest BCUT2D eigenvalue weighted by atomic mass is 10.2. The topological polar surface area (TPSA) is 116 Å². The summed E-state index contributed by atoms with van der Waals surface area (Å²) < 4.78 is 19.7. The number of aromatic amines is 1. The highest BCUT2D eigenvalue weighted by Crippen LogP contribution is 2.28. The molecule has 0 aliphatic carbocycles. The number of rotatable bonds is 6. The Morgan fingerprint density at radius 3 is 2.64 bits per heavy atom. The van der Waals surface area contributed by atoms with Gasteiger partial charge < -0.3 is 25.5 Å². The van der Waals surface area contributed by atoms with E-state index in [4.69, 9.17) is 9.84 Å². The highest BCUT2D eigenvalue weighted by atomic mass is 19.1. The molecule has 2 aromatic heterocycles. The van der Waals surface area contributed by atoms with Gasteiger partial charge in [-0.15, -0.1) is 0 Å². The van der Waals surface area contributed by atoms with Crippen LogP contribution >= 0.6 is 0 Å². The number of H-pyrrole nitrogens is 1. The van der Waals surface area contributed by atoms with E-state index in [1.165, 1.54) is 12.1 Å². The molecule has 4 aromatic rings. The summed E-state index contributed by atoms with van der Waals surface area (Å²) in [5.74, 6) is -0.667. The van der Waals surface area contributed by atoms with E-state index >= 15 is 0 Å². The number of anilines is 2. The lowest BCUT2D eigenvalue weighted by Gasteiger charge is -2.11. The van der Waals surface area contributed by atoms with Crippen molar-refractivity contribution in [1.82, 2.24) is 9.97 Å². The Morgan fingerprint density at radius 2 is 1.85 bits per heavy atom. The zero-order valence-electron chi connectivity index (χ0n) is 17.4. The van der Waals surface area contributed by atoms with Crippen molar-refractivity contribution < 1.29 is 23.8 Å². The second-order valence-electron chi connectivity index (χ2n) is 7.18. The number of carbonyl (C=O) groups is 2. The molecule has 0 aliphatic rings. The number of halogens is 1. The van der Waals surface area contributed by atoms with E-state index in [-0.39, 0.29) is 11.4 Å². The molecule has 0 bridgehead atoms. The van der Waals surface area contributed by atoms with Gasteiger partial charge in [-0.25, -0.2) is 14.0 Å². The molecule has 33 heavy (non-hydrogen) atoms. The molecule has 0 saturated carbocycles. The van der Waals surface area contributed by atoms with Crippen LogP contribution < -0.4 is 15.4 Å². The summed E-state index contributed by atoms with van der Waals surface area (Å²) in [6.07, 6.45) is 3.10. The zero-order valence-corrected chi connectivity index (χ0v) is 17.4. The minimum Gasteiger partial charge on any atom is -0.477 e. The first-order valence-corrected chi connectivity index (χ1v) is 9.87. The summed E-state index contributed by atoms with van der Waals surface area (Å²) in [7, 11) is 0. The van der Waals surface area contributed by atoms with Gasteiger partial charge in [0.25, 0.3) is 0 Å². The van der Waals surface area contributed by atoms with Crippen molar-refractivity contribution in [3.63, 3.8) is 0 Å². The number of hydrogen-bond donors (Lipinski definition) is 4. The molecule has 2 heterocycles. The number of amides is 2. The molecule has 2 aromatic carbocycles. The van der Waals surface area contributed by atoms with Gasteiger partial charge in [-0.2, -0.15) is 0 Å². The van der Waals surface area contributed by atoms with Crippen LogP contribution in [0, 0.1) is 12.7 Å². The Labute approximate surface area is 188 Å². The van der Waals surface area contributed by atoms with Gasteiger partial charge in [0, 0.05) is 35.8 Å². The minimum atomic E-state index is -1.06. The summed E-state index contributed by atoms with van der Waals surface area (Å²) in [5, 5.41) is 14.2. The van der Waals surface area contributed by atoms with Gasteiger partial charge >= 0.3 is 12.0 Å². The van der Waals surface area contributed by atoms with Crippen molar-refractivity contribution in [1.29, 1.82) is 0 Å². The highest BCUT2D eigenvalue weighted by molar-refractivity contribution is 6.00. The van der Waals surface area contributed by atoms with Crippen LogP contribution in [0.15, 0.2) is 73.1 Å². The number of carboxylic acids is 1. The first-order chi connectivity index (χ1) is 15.9. The number of carbonyl (C=O) groups excluding carboxylic acids is 1. The summed E-state index contributed by atoms with van der Waals surface area (Å²) in [6.45, 7) is 1.80. The van der Waals surface area contributed by atoms with E-state index in [9.17, 15) is 14.0 Å². The standard InChI is InChI=1S/C24H19FN4O4/c1-14-5-6-19(25)21(9-14)29-24(32)28-16-3-2-4-17(11-16)33-18-7-8-26-20(12-18)15-10-22(23(30)31)27-13-15/h2-13,27H,1H3,(H,30,31)(H2,28,29,32). The molecule has 0 radical (unpaired) electrons. The summed E-state index contributed by atoms with van der Waals surface area (Å²) in [4.78, 5) is 30.3. The number of carboxylic acid groups (broad SMARTS) is 1. The second-order valence-corrected chi connectivity index (χ2v) is 7.18. The molecule has 8 nitrogen and oxygen atoms in total. The van der Waals surface area contributed by atoms with Crippen LogP contribution in [-0.2, 0) is 0 Å². The Bertz CT molecular complexity index is 1340. The second kappa shape index (κ2) is 9.23. The SMILES string of the molecule is Cc1ccc(F)c(NC(=O)Nc2cccc(Oc3ccnc(-c4c[nH]c(C(=O)O)c4)c3)c2)c1. The molecule has 0 fully saturated rings. The lowest BCUT2D eigenvalue weighted by Crippen LogP contribution is -2.20. The first-order valence-electron chi connectivity index (χ1n) is 9.87. The van der Waals surface area contributed by atoms with Crippen molar-refractivity contribution >= 4 is 23.4 Å². The Kier molecular flexibility index (Phi) is 6.03. The van der Waals surface area contributed by atoms with E-state index in [1.807, 2.05) is 0 Å². The fourth-order valence-electron chi connectivity index (χ4n) is 3.09. The number of aryl methyl sites for hydroxylation is 1. The average molecular weight is 446 g/mol. The maximum absolute atomic E-state index is 13.9. The van der Waals surface area contributed by atoms with E-state index in [2.05, 4.69) is 20.6 Å². The molecular weight excluding hydrogens is 427 g/mol. The molecule has 4 N–H and O–H groups in total. The molecule has 0 unspecified atom stereocenters. The van der Waals surface area contributed by atoms with Gasteiger partial charge in [-0.05, 0) is 48.9 Å². The van der Waals surface area contributed by atoms with E-state index in [0.717, 1.165) is 5.56 Å². The lowest BCUT2D eigenvalue weighted by molar-refractivity contribution is 0.0691. The molecule has 2 amide bonds. The maximum Gasteiger partial charge on any atom is 0.352 e. The van der Waals surface area contributed by atoms with Crippen LogP contribution in [-0.4, -0.2) is 27.1 Å². The van der Waals surface area contributed by atoms with Crippen molar-refractivity contribution in [3.05, 3.63) is 90.1 Å². The third-order valence-corrected chi connectivity index (χ3v) is 4.64. The number of urea groups is 1. The molecule has 0 spiro atoms. The summed E-state index contributed by atoms with van der Waals surface area (Å²) >= 11 is 0. The number of aromatic nitrogens is 2. The first kappa shape index (κ1) is 21.6. The highest BCUT2D eigenvalue weighted by Gasteiger charge is 2.11. The number of pyridine rings is 1. The van der Waals surface area contributed by atoms with Crippen LogP contribution in [0.3, 0.4) is 0 Å². The zero-order chi connectivity index (χ0) is 23.4. The quantitative estimate of drug-likeness (QED) is 0.305. The van der Waals surface area contributed by atoms with Gasteiger partial charge in [-0.1, -0.05) is 12.1 Å². The molecule has 0 atom stereocenters. The smallest absolute Gasteiger partial charge is 0.352 e. The average Bonchev–Trinajstić information content (AvgIpc) is 3.28. The predicted octanol–water partition coefficient (Wildman–Crippen LogP) is 5.66. The summed E-state index contributed by atoms with van der Waals surface area (Å²) in [6, 6.07) is 15.4.